The van der Waals surface area contributed by atoms with Crippen LogP contribution in [-0.4, -0.2) is 37.3 Å². The van der Waals surface area contributed by atoms with Gasteiger partial charge in [0.05, 0.1) is 5.69 Å². The fourth-order valence-electron chi connectivity index (χ4n) is 1.97. The van der Waals surface area contributed by atoms with Crippen molar-refractivity contribution in [3.05, 3.63) is 30.3 Å². The number of rotatable bonds is 5. The van der Waals surface area contributed by atoms with Crippen LogP contribution in [0.5, 0.6) is 0 Å². The summed E-state index contributed by atoms with van der Waals surface area (Å²) in [6.45, 7) is 0. The lowest BCUT2D eigenvalue weighted by Gasteiger charge is -2.13. The Kier molecular flexibility index (Phi) is 2.86. The summed E-state index contributed by atoms with van der Waals surface area (Å²) >= 11 is 0. The molecular weight excluding hydrogens is 246 g/mol. The lowest BCUT2D eigenvalue weighted by Crippen LogP contribution is -2.32. The molecule has 1 aliphatic rings. The molecule has 0 aliphatic heterocycles. The van der Waals surface area contributed by atoms with E-state index in [0.29, 0.717) is 5.95 Å². The van der Waals surface area contributed by atoms with Crippen LogP contribution in [-0.2, 0) is 4.79 Å². The summed E-state index contributed by atoms with van der Waals surface area (Å²) in [4.78, 5) is 11.2. The Balaban J connectivity index is 1.86. The molecule has 0 spiro atoms. The van der Waals surface area contributed by atoms with Crippen molar-refractivity contribution < 1.29 is 9.90 Å². The van der Waals surface area contributed by atoms with Gasteiger partial charge in [0, 0.05) is 0 Å². The van der Waals surface area contributed by atoms with Crippen LogP contribution in [0.2, 0.25) is 0 Å². The van der Waals surface area contributed by atoms with Gasteiger partial charge in [-0.3, -0.25) is 0 Å². The fourth-order valence-corrected chi connectivity index (χ4v) is 1.97. The number of nitrogens with one attached hydrogen (secondary N) is 1. The summed E-state index contributed by atoms with van der Waals surface area (Å²) in [5, 5.41) is 23.4. The molecular formula is C12H13N5O2. The van der Waals surface area contributed by atoms with Gasteiger partial charge in [0.25, 0.3) is 0 Å². The van der Waals surface area contributed by atoms with Gasteiger partial charge in [-0.15, -0.1) is 0 Å². The summed E-state index contributed by atoms with van der Waals surface area (Å²) < 4.78 is 1.50. The average molecular weight is 259 g/mol. The predicted molar refractivity (Wildman–Crippen MR) is 66.9 cm³/mol. The Morgan fingerprint density at radius 2 is 2.11 bits per heavy atom. The Labute approximate surface area is 109 Å². The van der Waals surface area contributed by atoms with E-state index in [4.69, 9.17) is 0 Å². The summed E-state index contributed by atoms with van der Waals surface area (Å²) in [6, 6.07) is 8.72. The molecule has 1 atom stereocenters. The van der Waals surface area contributed by atoms with Gasteiger partial charge in [0.2, 0.25) is 5.95 Å². The maximum absolute atomic E-state index is 11.2. The number of hydrogen-bond acceptors (Lipinski definition) is 5. The molecule has 1 aliphatic carbocycles. The number of carbonyl (C=O) groups is 1. The van der Waals surface area contributed by atoms with E-state index in [2.05, 4.69) is 20.8 Å². The molecule has 1 saturated carbocycles. The van der Waals surface area contributed by atoms with E-state index in [-0.39, 0.29) is 5.92 Å². The first-order valence-corrected chi connectivity index (χ1v) is 6.09. The third kappa shape index (κ3) is 2.40. The molecule has 1 aromatic heterocycles. The quantitative estimate of drug-likeness (QED) is 0.830. The zero-order chi connectivity index (χ0) is 13.2. The predicted octanol–water partition coefficient (Wildman–Crippen LogP) is 0.937. The van der Waals surface area contributed by atoms with Gasteiger partial charge in [0.1, 0.15) is 6.04 Å². The van der Waals surface area contributed by atoms with Crippen LogP contribution in [0.1, 0.15) is 12.8 Å². The van der Waals surface area contributed by atoms with Gasteiger partial charge < -0.3 is 10.4 Å². The molecule has 3 rings (SSSR count). The molecule has 1 heterocycles. The minimum Gasteiger partial charge on any atom is -0.480 e. The summed E-state index contributed by atoms with van der Waals surface area (Å²) in [7, 11) is 0. The molecule has 0 radical (unpaired) electrons. The lowest BCUT2D eigenvalue weighted by molar-refractivity contribution is -0.138. The van der Waals surface area contributed by atoms with Crippen LogP contribution >= 0.6 is 0 Å². The number of benzene rings is 1. The normalized spacial score (nSPS) is 16.0. The molecule has 7 nitrogen and oxygen atoms in total. The van der Waals surface area contributed by atoms with Gasteiger partial charge in [0.15, 0.2) is 0 Å². The Morgan fingerprint density at radius 3 is 2.74 bits per heavy atom. The zero-order valence-corrected chi connectivity index (χ0v) is 10.1. The highest BCUT2D eigenvalue weighted by molar-refractivity contribution is 5.77. The highest BCUT2D eigenvalue weighted by atomic mass is 16.4. The average Bonchev–Trinajstić information content (AvgIpc) is 3.15. The zero-order valence-electron chi connectivity index (χ0n) is 10.1. The number of tetrazole rings is 1. The number of aromatic nitrogens is 4. The number of carboxylic acid groups (broad SMARTS) is 1. The monoisotopic (exact) mass is 259 g/mol. The molecule has 2 aromatic rings. The maximum Gasteiger partial charge on any atom is 0.326 e. The van der Waals surface area contributed by atoms with Gasteiger partial charge in [-0.25, -0.2) is 4.79 Å². The second-order valence-electron chi connectivity index (χ2n) is 4.55. The van der Waals surface area contributed by atoms with E-state index in [0.717, 1.165) is 18.5 Å². The maximum atomic E-state index is 11.2. The number of anilines is 1. The van der Waals surface area contributed by atoms with E-state index in [1.807, 2.05) is 30.3 Å². The van der Waals surface area contributed by atoms with Gasteiger partial charge in [-0.1, -0.05) is 23.3 Å². The third-order valence-corrected chi connectivity index (χ3v) is 3.11. The van der Waals surface area contributed by atoms with Crippen LogP contribution in [0.15, 0.2) is 30.3 Å². The number of nitrogens with zero attached hydrogens (tertiary/aromatic N) is 4. The van der Waals surface area contributed by atoms with Crippen molar-refractivity contribution in [3.63, 3.8) is 0 Å². The number of carboxylic acids is 1. The van der Waals surface area contributed by atoms with Crippen molar-refractivity contribution in [1.82, 2.24) is 20.2 Å². The second-order valence-corrected chi connectivity index (χ2v) is 4.55. The molecule has 0 bridgehead atoms. The number of hydrogen-bond donors (Lipinski definition) is 2. The SMILES string of the molecule is O=C(O)C(Nc1nnnn1-c1ccccc1)C1CC1. The van der Waals surface area contributed by atoms with Crippen molar-refractivity contribution in [3.8, 4) is 5.69 Å². The first-order chi connectivity index (χ1) is 9.25. The molecule has 0 amide bonds. The van der Waals surface area contributed by atoms with E-state index < -0.39 is 12.0 Å². The highest BCUT2D eigenvalue weighted by Gasteiger charge is 2.37. The molecule has 1 fully saturated rings. The van der Waals surface area contributed by atoms with Gasteiger partial charge in [-0.2, -0.15) is 4.68 Å². The number of aliphatic carboxylic acids is 1. The summed E-state index contributed by atoms with van der Waals surface area (Å²) in [6.07, 6.45) is 1.85. The minimum atomic E-state index is -0.870. The molecule has 19 heavy (non-hydrogen) atoms. The van der Waals surface area contributed by atoms with E-state index in [1.54, 1.807) is 0 Å². The molecule has 1 aromatic carbocycles. The van der Waals surface area contributed by atoms with E-state index >= 15 is 0 Å². The van der Waals surface area contributed by atoms with Crippen LogP contribution in [0.4, 0.5) is 5.95 Å². The standard InChI is InChI=1S/C12H13N5O2/c18-11(19)10(8-6-7-8)13-12-14-15-16-17(12)9-4-2-1-3-5-9/h1-5,8,10H,6-7H2,(H,18,19)(H,13,14,16). The fraction of sp³-hybridized carbons (Fsp3) is 0.333. The van der Waals surface area contributed by atoms with Gasteiger partial charge in [-0.05, 0) is 41.3 Å². The first-order valence-electron chi connectivity index (χ1n) is 6.09. The smallest absolute Gasteiger partial charge is 0.326 e. The summed E-state index contributed by atoms with van der Waals surface area (Å²) in [5.74, 6) is -0.353. The van der Waals surface area contributed by atoms with Crippen LogP contribution in [0.3, 0.4) is 0 Å². The molecule has 7 heteroatoms. The third-order valence-electron chi connectivity index (χ3n) is 3.11. The Morgan fingerprint density at radius 1 is 1.37 bits per heavy atom. The Bertz CT molecular complexity index is 579. The first kappa shape index (κ1) is 11.6. The van der Waals surface area contributed by atoms with Crippen LogP contribution < -0.4 is 5.32 Å². The van der Waals surface area contributed by atoms with Gasteiger partial charge >= 0.3 is 5.97 Å². The largest absolute Gasteiger partial charge is 0.480 e. The van der Waals surface area contributed by atoms with Crippen molar-refractivity contribution in [2.24, 2.45) is 5.92 Å². The minimum absolute atomic E-state index is 0.165. The van der Waals surface area contributed by atoms with Crippen LogP contribution in [0.25, 0.3) is 5.69 Å². The topological polar surface area (TPSA) is 92.9 Å². The molecule has 98 valence electrons. The highest BCUT2D eigenvalue weighted by Crippen LogP contribution is 2.34. The molecule has 0 saturated heterocycles. The van der Waals surface area contributed by atoms with Crippen molar-refractivity contribution in [2.45, 2.75) is 18.9 Å². The van der Waals surface area contributed by atoms with E-state index in [9.17, 15) is 9.90 Å². The Hall–Kier alpha value is -2.44. The molecule has 2 N–H and O–H groups in total. The molecule has 1 unspecified atom stereocenters. The summed E-state index contributed by atoms with van der Waals surface area (Å²) in [5.41, 5.74) is 0.787. The number of para-hydroxylation sites is 1. The van der Waals surface area contributed by atoms with E-state index in [1.165, 1.54) is 4.68 Å². The lowest BCUT2D eigenvalue weighted by atomic mass is 10.2. The van der Waals surface area contributed by atoms with Crippen LogP contribution in [0, 0.1) is 5.92 Å². The van der Waals surface area contributed by atoms with Crippen molar-refractivity contribution in [2.75, 3.05) is 5.32 Å². The second kappa shape index (κ2) is 4.68. The van der Waals surface area contributed by atoms with Crippen molar-refractivity contribution in [1.29, 1.82) is 0 Å². The van der Waals surface area contributed by atoms with Crippen molar-refractivity contribution >= 4 is 11.9 Å².